The molecule has 3 nitrogen and oxygen atoms in total. The molecule has 0 atom stereocenters. The Morgan fingerprint density at radius 1 is 1.05 bits per heavy atom. The van der Waals surface area contributed by atoms with Crippen molar-refractivity contribution in [2.75, 3.05) is 11.6 Å². The summed E-state index contributed by atoms with van der Waals surface area (Å²) >= 11 is 0. The topological polar surface area (TPSA) is 32.7 Å². The zero-order valence-corrected chi connectivity index (χ0v) is 11.6. The third-order valence-corrected chi connectivity index (χ3v) is 2.88. The summed E-state index contributed by atoms with van der Waals surface area (Å²) in [6, 6.07) is 19.8. The van der Waals surface area contributed by atoms with Crippen molar-refractivity contribution in [3.05, 3.63) is 66.2 Å². The average Bonchev–Trinajstić information content (AvgIpc) is 2.49. The number of para-hydroxylation sites is 1. The molecule has 3 heteroatoms. The van der Waals surface area contributed by atoms with E-state index >= 15 is 0 Å². The Hall–Kier alpha value is -2.42. The van der Waals surface area contributed by atoms with Gasteiger partial charge in [0.15, 0.2) is 0 Å². The molecule has 0 spiro atoms. The largest absolute Gasteiger partial charge is 0.300 e. The lowest BCUT2D eigenvalue weighted by molar-refractivity contribution is -0.116. The first-order valence-corrected chi connectivity index (χ1v) is 6.67. The first-order chi connectivity index (χ1) is 9.75. The first kappa shape index (κ1) is 14.0. The van der Waals surface area contributed by atoms with Gasteiger partial charge in [0, 0.05) is 13.0 Å². The highest BCUT2D eigenvalue weighted by molar-refractivity contribution is 5.80. The summed E-state index contributed by atoms with van der Waals surface area (Å²) in [5.74, 6) is 0.167. The number of hydrogen-bond donors (Lipinski definition) is 0. The number of hydrogen-bond acceptors (Lipinski definition) is 3. The molecule has 102 valence electrons. The fraction of sp³-hybridized carbons (Fsp3) is 0.176. The maximum atomic E-state index is 11.2. The number of carbonyl (C=O) groups is 1. The number of nitrogens with zero attached hydrogens (tertiary/aromatic N) is 2. The van der Waals surface area contributed by atoms with Gasteiger partial charge in [-0.15, -0.1) is 0 Å². The number of rotatable bonds is 6. The Bertz CT molecular complexity index is 564. The summed E-state index contributed by atoms with van der Waals surface area (Å²) in [7, 11) is 0. The molecule has 0 bridgehead atoms. The van der Waals surface area contributed by atoms with Crippen LogP contribution in [0.5, 0.6) is 0 Å². The van der Waals surface area contributed by atoms with Gasteiger partial charge in [-0.3, -0.25) is 9.80 Å². The van der Waals surface area contributed by atoms with Gasteiger partial charge in [0.25, 0.3) is 0 Å². The molecule has 0 saturated carbocycles. The summed E-state index contributed by atoms with van der Waals surface area (Å²) in [5, 5.41) is 6.35. The number of benzene rings is 2. The quantitative estimate of drug-likeness (QED) is 0.592. The van der Waals surface area contributed by atoms with E-state index in [4.69, 9.17) is 0 Å². The third-order valence-electron chi connectivity index (χ3n) is 2.88. The second-order valence-corrected chi connectivity index (χ2v) is 4.57. The van der Waals surface area contributed by atoms with Crippen LogP contribution in [0, 0.1) is 0 Å². The smallest absolute Gasteiger partial charge is 0.131 e. The van der Waals surface area contributed by atoms with E-state index in [1.54, 1.807) is 6.92 Å². The van der Waals surface area contributed by atoms with E-state index in [0.29, 0.717) is 13.0 Å². The molecule has 0 radical (unpaired) electrons. The van der Waals surface area contributed by atoms with Gasteiger partial charge in [-0.1, -0.05) is 48.5 Å². The molecule has 0 fully saturated rings. The van der Waals surface area contributed by atoms with Crippen LogP contribution in [0.25, 0.3) is 0 Å². The lowest BCUT2D eigenvalue weighted by Crippen LogP contribution is -2.19. The minimum atomic E-state index is 0.167. The Labute approximate surface area is 119 Å². The van der Waals surface area contributed by atoms with Crippen molar-refractivity contribution in [2.45, 2.75) is 13.3 Å². The molecule has 2 aromatic carbocycles. The monoisotopic (exact) mass is 266 g/mol. The highest BCUT2D eigenvalue weighted by Gasteiger charge is 2.05. The van der Waals surface area contributed by atoms with E-state index in [9.17, 15) is 4.79 Å². The molecule has 2 aromatic rings. The predicted octanol–water partition coefficient (Wildman–Crippen LogP) is 3.51. The molecule has 0 amide bonds. The van der Waals surface area contributed by atoms with Crippen LogP contribution in [-0.2, 0) is 4.79 Å². The van der Waals surface area contributed by atoms with Crippen molar-refractivity contribution in [1.29, 1.82) is 0 Å². The Morgan fingerprint density at radius 2 is 1.65 bits per heavy atom. The lowest BCUT2D eigenvalue weighted by atomic mass is 10.2. The number of carbonyl (C=O) groups excluding carboxylic acids is 1. The SMILES string of the molecule is CC(=O)CCN(/N=C/c1ccccc1)c1ccccc1. The van der Waals surface area contributed by atoms with Crippen LogP contribution in [0.4, 0.5) is 5.69 Å². The molecular weight excluding hydrogens is 248 g/mol. The number of Topliss-reactive ketones (excluding diaryl/α,β-unsaturated/α-hetero) is 1. The molecule has 0 aromatic heterocycles. The summed E-state index contributed by atoms with van der Waals surface area (Å²) in [4.78, 5) is 11.2. The van der Waals surface area contributed by atoms with Crippen LogP contribution in [-0.4, -0.2) is 18.5 Å². The highest BCUT2D eigenvalue weighted by atomic mass is 16.1. The third kappa shape index (κ3) is 4.35. The first-order valence-electron chi connectivity index (χ1n) is 6.67. The Kier molecular flexibility index (Phi) is 5.07. The summed E-state index contributed by atoms with van der Waals surface area (Å²) in [6.07, 6.45) is 2.30. The fourth-order valence-electron chi connectivity index (χ4n) is 1.79. The second-order valence-electron chi connectivity index (χ2n) is 4.57. The van der Waals surface area contributed by atoms with Crippen LogP contribution in [0.2, 0.25) is 0 Å². The normalized spacial score (nSPS) is 10.7. The van der Waals surface area contributed by atoms with E-state index in [1.165, 1.54) is 0 Å². The molecule has 0 N–H and O–H groups in total. The Morgan fingerprint density at radius 3 is 2.25 bits per heavy atom. The standard InChI is InChI=1S/C17H18N2O/c1-15(20)12-13-19(17-10-6-3-7-11-17)18-14-16-8-4-2-5-9-16/h2-11,14H,12-13H2,1H3/b18-14+. The van der Waals surface area contributed by atoms with Crippen LogP contribution in [0.1, 0.15) is 18.9 Å². The van der Waals surface area contributed by atoms with Crippen LogP contribution < -0.4 is 5.01 Å². The van der Waals surface area contributed by atoms with E-state index in [0.717, 1.165) is 11.3 Å². The summed E-state index contributed by atoms with van der Waals surface area (Å²) < 4.78 is 0. The van der Waals surface area contributed by atoms with E-state index < -0.39 is 0 Å². The second kappa shape index (κ2) is 7.24. The van der Waals surface area contributed by atoms with Gasteiger partial charge in [0.05, 0.1) is 11.9 Å². The molecule has 0 unspecified atom stereocenters. The van der Waals surface area contributed by atoms with Crippen molar-refractivity contribution in [1.82, 2.24) is 0 Å². The lowest BCUT2D eigenvalue weighted by Gasteiger charge is -2.18. The molecule has 20 heavy (non-hydrogen) atoms. The highest BCUT2D eigenvalue weighted by Crippen LogP contribution is 2.14. The van der Waals surface area contributed by atoms with Gasteiger partial charge >= 0.3 is 0 Å². The predicted molar refractivity (Wildman–Crippen MR) is 83.1 cm³/mol. The van der Waals surface area contributed by atoms with Gasteiger partial charge < -0.3 is 0 Å². The van der Waals surface area contributed by atoms with Crippen molar-refractivity contribution in [2.24, 2.45) is 5.10 Å². The van der Waals surface area contributed by atoms with E-state index in [-0.39, 0.29) is 5.78 Å². The average molecular weight is 266 g/mol. The maximum Gasteiger partial charge on any atom is 0.131 e. The van der Waals surface area contributed by atoms with Crippen molar-refractivity contribution >= 4 is 17.7 Å². The van der Waals surface area contributed by atoms with E-state index in [2.05, 4.69) is 5.10 Å². The number of anilines is 1. The zero-order chi connectivity index (χ0) is 14.2. The molecule has 0 aliphatic heterocycles. The van der Waals surface area contributed by atoms with Crippen molar-refractivity contribution < 1.29 is 4.79 Å². The maximum absolute atomic E-state index is 11.2. The van der Waals surface area contributed by atoms with Gasteiger partial charge in [0.1, 0.15) is 5.78 Å². The minimum absolute atomic E-state index is 0.167. The molecular formula is C17H18N2O. The fourth-order valence-corrected chi connectivity index (χ4v) is 1.79. The van der Waals surface area contributed by atoms with Crippen molar-refractivity contribution in [3.8, 4) is 0 Å². The van der Waals surface area contributed by atoms with Crippen LogP contribution >= 0.6 is 0 Å². The van der Waals surface area contributed by atoms with Gasteiger partial charge in [0.2, 0.25) is 0 Å². The van der Waals surface area contributed by atoms with Gasteiger partial charge in [-0.25, -0.2) is 0 Å². The number of hydrazone groups is 1. The molecule has 0 aliphatic rings. The molecule has 2 rings (SSSR count). The Balaban J connectivity index is 2.14. The summed E-state index contributed by atoms with van der Waals surface area (Å²) in [6.45, 7) is 2.19. The zero-order valence-electron chi connectivity index (χ0n) is 11.6. The molecule has 0 saturated heterocycles. The van der Waals surface area contributed by atoms with Crippen LogP contribution in [0.3, 0.4) is 0 Å². The van der Waals surface area contributed by atoms with Crippen molar-refractivity contribution in [3.63, 3.8) is 0 Å². The summed E-state index contributed by atoms with van der Waals surface area (Å²) in [5.41, 5.74) is 2.03. The molecule has 0 aliphatic carbocycles. The molecule has 0 heterocycles. The van der Waals surface area contributed by atoms with Gasteiger partial charge in [-0.2, -0.15) is 5.10 Å². The van der Waals surface area contributed by atoms with E-state index in [1.807, 2.05) is 71.9 Å². The minimum Gasteiger partial charge on any atom is -0.300 e. The van der Waals surface area contributed by atoms with Crippen LogP contribution in [0.15, 0.2) is 65.8 Å². The van der Waals surface area contributed by atoms with Gasteiger partial charge in [-0.05, 0) is 24.6 Å². The number of ketones is 1.